The predicted molar refractivity (Wildman–Crippen MR) is 124 cm³/mol. The van der Waals surface area contributed by atoms with Crippen LogP contribution in [-0.4, -0.2) is 29.3 Å². The van der Waals surface area contributed by atoms with E-state index in [1.54, 1.807) is 18.2 Å². The van der Waals surface area contributed by atoms with E-state index >= 15 is 0 Å². The van der Waals surface area contributed by atoms with E-state index in [1.165, 1.54) is 10.7 Å². The summed E-state index contributed by atoms with van der Waals surface area (Å²) in [5.41, 5.74) is 4.46. The van der Waals surface area contributed by atoms with Gasteiger partial charge >= 0.3 is 0 Å². The molecule has 9 heteroatoms. The van der Waals surface area contributed by atoms with Crippen molar-refractivity contribution in [2.45, 2.75) is 19.8 Å². The summed E-state index contributed by atoms with van der Waals surface area (Å²) in [5, 5.41) is 13.4. The maximum Gasteiger partial charge on any atom is 0.278 e. The van der Waals surface area contributed by atoms with Gasteiger partial charge in [0.2, 0.25) is 10.0 Å². The Morgan fingerprint density at radius 2 is 1.75 bits per heavy atom. The predicted octanol–water partition coefficient (Wildman–Crippen LogP) is 3.72. The number of nitrogens with zero attached hydrogens (tertiary/aromatic N) is 3. The average Bonchev–Trinajstić information content (AvgIpc) is 3.16. The smallest absolute Gasteiger partial charge is 0.278 e. The molecule has 0 aliphatic carbocycles. The highest BCUT2D eigenvalue weighted by Crippen LogP contribution is 2.30. The van der Waals surface area contributed by atoms with E-state index in [2.05, 4.69) is 20.9 Å². The van der Waals surface area contributed by atoms with E-state index in [1.807, 2.05) is 44.2 Å². The molecular formula is C23H21N5O3S. The number of anilines is 1. The molecule has 2 N–H and O–H groups in total. The van der Waals surface area contributed by atoms with Gasteiger partial charge in [0, 0.05) is 11.3 Å². The highest BCUT2D eigenvalue weighted by atomic mass is 32.2. The van der Waals surface area contributed by atoms with E-state index < -0.39 is 10.0 Å². The van der Waals surface area contributed by atoms with Crippen LogP contribution < -0.4 is 10.3 Å². The molecular weight excluding hydrogens is 426 g/mol. The standard InChI is InChI=1S/C23H21N5O3S/c1-14(2)20-21(26-22-18(12-24)13-25-28(22)23(20)29)17-8-4-6-15(10-17)16-7-5-9-19(11-16)27-32(3,30)31/h4-11,13-14,26-27H,1-3H3. The van der Waals surface area contributed by atoms with Crippen LogP contribution >= 0.6 is 0 Å². The van der Waals surface area contributed by atoms with Gasteiger partial charge < -0.3 is 4.98 Å². The molecule has 4 rings (SSSR count). The number of benzene rings is 2. The Hall–Kier alpha value is -3.90. The van der Waals surface area contributed by atoms with Gasteiger partial charge in [-0.25, -0.2) is 8.42 Å². The summed E-state index contributed by atoms with van der Waals surface area (Å²) in [6.07, 6.45) is 2.48. The summed E-state index contributed by atoms with van der Waals surface area (Å²) >= 11 is 0. The lowest BCUT2D eigenvalue weighted by Gasteiger charge is -2.14. The molecule has 0 radical (unpaired) electrons. The number of nitrogens with one attached hydrogen (secondary N) is 2. The van der Waals surface area contributed by atoms with Gasteiger partial charge in [0.1, 0.15) is 11.6 Å². The zero-order valence-corrected chi connectivity index (χ0v) is 18.6. The lowest BCUT2D eigenvalue weighted by Crippen LogP contribution is -2.22. The van der Waals surface area contributed by atoms with Crippen LogP contribution in [0.1, 0.15) is 30.9 Å². The van der Waals surface area contributed by atoms with Crippen LogP contribution in [0.2, 0.25) is 0 Å². The van der Waals surface area contributed by atoms with Crippen LogP contribution in [0, 0.1) is 11.3 Å². The summed E-state index contributed by atoms with van der Waals surface area (Å²) in [7, 11) is -3.39. The number of aromatic amines is 1. The molecule has 0 amide bonds. The zero-order valence-electron chi connectivity index (χ0n) is 17.7. The quantitative estimate of drug-likeness (QED) is 0.483. The third-order valence-corrected chi connectivity index (χ3v) is 5.66. The Labute approximate surface area is 185 Å². The van der Waals surface area contributed by atoms with Crippen LogP contribution in [0.3, 0.4) is 0 Å². The molecule has 0 saturated carbocycles. The van der Waals surface area contributed by atoms with Crippen molar-refractivity contribution in [2.24, 2.45) is 0 Å². The largest absolute Gasteiger partial charge is 0.338 e. The molecule has 162 valence electrons. The molecule has 0 spiro atoms. The molecule has 2 aromatic heterocycles. The lowest BCUT2D eigenvalue weighted by molar-refractivity contribution is 0.607. The first-order valence-corrected chi connectivity index (χ1v) is 11.8. The SMILES string of the molecule is CC(C)c1c(-c2cccc(-c3cccc(NS(C)(=O)=O)c3)c2)[nH]c2c(C#N)cnn2c1=O. The molecule has 4 aromatic rings. The van der Waals surface area contributed by atoms with Gasteiger partial charge in [-0.3, -0.25) is 9.52 Å². The normalized spacial score (nSPS) is 11.6. The molecule has 0 fully saturated rings. The number of sulfonamides is 1. The lowest BCUT2D eigenvalue weighted by atomic mass is 9.95. The molecule has 2 heterocycles. The summed E-state index contributed by atoms with van der Waals surface area (Å²) < 4.78 is 26.9. The van der Waals surface area contributed by atoms with Crippen LogP contribution in [-0.2, 0) is 10.0 Å². The van der Waals surface area contributed by atoms with Gasteiger partial charge in [-0.15, -0.1) is 0 Å². The van der Waals surface area contributed by atoms with E-state index in [9.17, 15) is 18.5 Å². The Kier molecular flexibility index (Phi) is 5.32. The fraction of sp³-hybridized carbons (Fsp3) is 0.174. The zero-order chi connectivity index (χ0) is 23.0. The van der Waals surface area contributed by atoms with E-state index in [4.69, 9.17) is 0 Å². The Morgan fingerprint density at radius 3 is 2.41 bits per heavy atom. The molecule has 0 aliphatic rings. The van der Waals surface area contributed by atoms with Crippen molar-refractivity contribution in [1.29, 1.82) is 5.26 Å². The molecule has 8 nitrogen and oxygen atoms in total. The van der Waals surface area contributed by atoms with Crippen molar-refractivity contribution in [3.05, 3.63) is 76.2 Å². The van der Waals surface area contributed by atoms with Crippen molar-refractivity contribution in [1.82, 2.24) is 14.6 Å². The first-order valence-electron chi connectivity index (χ1n) is 9.90. The van der Waals surface area contributed by atoms with Crippen LogP contribution in [0.15, 0.2) is 59.5 Å². The molecule has 0 unspecified atom stereocenters. The molecule has 0 atom stereocenters. The van der Waals surface area contributed by atoms with Gasteiger partial charge in [0.25, 0.3) is 5.56 Å². The average molecular weight is 448 g/mol. The van der Waals surface area contributed by atoms with Gasteiger partial charge in [0.15, 0.2) is 5.65 Å². The fourth-order valence-electron chi connectivity index (χ4n) is 3.71. The number of H-pyrrole nitrogens is 1. The van der Waals surface area contributed by atoms with Gasteiger partial charge in [-0.1, -0.05) is 44.2 Å². The van der Waals surface area contributed by atoms with E-state index in [-0.39, 0.29) is 17.0 Å². The molecule has 2 aromatic carbocycles. The minimum Gasteiger partial charge on any atom is -0.338 e. The van der Waals surface area contributed by atoms with Crippen LogP contribution in [0.4, 0.5) is 5.69 Å². The minimum absolute atomic E-state index is 0.0844. The van der Waals surface area contributed by atoms with Crippen molar-refractivity contribution < 1.29 is 8.42 Å². The van der Waals surface area contributed by atoms with Crippen molar-refractivity contribution >= 4 is 21.4 Å². The Morgan fingerprint density at radius 1 is 1.09 bits per heavy atom. The third kappa shape index (κ3) is 4.00. The second-order valence-corrected chi connectivity index (χ2v) is 9.59. The van der Waals surface area contributed by atoms with Gasteiger partial charge in [-0.05, 0) is 40.8 Å². The van der Waals surface area contributed by atoms with Crippen molar-refractivity contribution in [3.8, 4) is 28.5 Å². The number of aromatic nitrogens is 3. The number of nitriles is 1. The topological polar surface area (TPSA) is 120 Å². The summed E-state index contributed by atoms with van der Waals surface area (Å²) in [4.78, 5) is 16.4. The first kappa shape index (κ1) is 21.3. The third-order valence-electron chi connectivity index (χ3n) is 5.05. The maximum absolute atomic E-state index is 13.1. The number of fused-ring (bicyclic) bond motifs is 1. The fourth-order valence-corrected chi connectivity index (χ4v) is 4.26. The minimum atomic E-state index is -3.39. The second-order valence-electron chi connectivity index (χ2n) is 7.84. The van der Waals surface area contributed by atoms with Crippen molar-refractivity contribution in [2.75, 3.05) is 11.0 Å². The van der Waals surface area contributed by atoms with Crippen molar-refractivity contribution in [3.63, 3.8) is 0 Å². The summed E-state index contributed by atoms with van der Waals surface area (Å²) in [6, 6.07) is 16.7. The molecule has 0 bridgehead atoms. The monoisotopic (exact) mass is 447 g/mol. The van der Waals surface area contributed by atoms with Crippen LogP contribution in [0.5, 0.6) is 0 Å². The highest BCUT2D eigenvalue weighted by molar-refractivity contribution is 7.92. The second kappa shape index (κ2) is 7.98. The first-order chi connectivity index (χ1) is 15.2. The molecule has 0 saturated heterocycles. The number of hydrogen-bond acceptors (Lipinski definition) is 5. The number of hydrogen-bond donors (Lipinski definition) is 2. The Bertz CT molecular complexity index is 1540. The summed E-state index contributed by atoms with van der Waals surface area (Å²) in [5.74, 6) is -0.0844. The van der Waals surface area contributed by atoms with E-state index in [0.717, 1.165) is 22.9 Å². The van der Waals surface area contributed by atoms with E-state index in [0.29, 0.717) is 22.6 Å². The maximum atomic E-state index is 13.1. The Balaban J connectivity index is 1.89. The van der Waals surface area contributed by atoms with Gasteiger partial charge in [-0.2, -0.15) is 14.9 Å². The number of rotatable bonds is 5. The van der Waals surface area contributed by atoms with Gasteiger partial charge in [0.05, 0.1) is 18.1 Å². The summed E-state index contributed by atoms with van der Waals surface area (Å²) in [6.45, 7) is 3.86. The molecule has 0 aliphatic heterocycles. The van der Waals surface area contributed by atoms with Crippen LogP contribution in [0.25, 0.3) is 28.0 Å². The highest BCUT2D eigenvalue weighted by Gasteiger charge is 2.19. The molecule has 32 heavy (non-hydrogen) atoms.